The molecule has 70 valence electrons. The smallest absolute Gasteiger partial charge is 0.128 e. The molecule has 0 aromatic heterocycles. The Morgan fingerprint density at radius 3 is 2.69 bits per heavy atom. The van der Waals surface area contributed by atoms with Gasteiger partial charge in [0.15, 0.2) is 0 Å². The van der Waals surface area contributed by atoms with Gasteiger partial charge in [-0.3, -0.25) is 0 Å². The van der Waals surface area contributed by atoms with Crippen molar-refractivity contribution in [3.63, 3.8) is 0 Å². The summed E-state index contributed by atoms with van der Waals surface area (Å²) < 4.78 is 13.4. The molecule has 0 aliphatic carbocycles. The molecule has 0 amide bonds. The molecule has 1 aliphatic heterocycles. The number of nitrogens with two attached hydrogens (primary N) is 1. The van der Waals surface area contributed by atoms with Gasteiger partial charge in [-0.05, 0) is 13.0 Å². The van der Waals surface area contributed by atoms with Crippen molar-refractivity contribution in [2.24, 2.45) is 5.73 Å². The van der Waals surface area contributed by atoms with Crippen LogP contribution in [0.15, 0.2) is 18.2 Å². The van der Waals surface area contributed by atoms with Crippen LogP contribution < -0.4 is 11.1 Å². The molecule has 1 aromatic rings. The Labute approximate surface area is 76.9 Å². The molecule has 1 aromatic carbocycles. The van der Waals surface area contributed by atoms with Crippen molar-refractivity contribution >= 4 is 0 Å². The van der Waals surface area contributed by atoms with Gasteiger partial charge in [0, 0.05) is 18.7 Å². The summed E-state index contributed by atoms with van der Waals surface area (Å²) in [5.74, 6) is -0.199. The molecule has 0 spiro atoms. The SMILES string of the molecule is Cc1ccc(F)c(C2(N)CNC2)c1. The van der Waals surface area contributed by atoms with Crippen molar-refractivity contribution in [1.82, 2.24) is 5.32 Å². The Hall–Kier alpha value is -0.930. The van der Waals surface area contributed by atoms with Crippen LogP contribution in [0.1, 0.15) is 11.1 Å². The van der Waals surface area contributed by atoms with E-state index in [1.54, 1.807) is 6.07 Å². The number of hydrogen-bond donors (Lipinski definition) is 2. The van der Waals surface area contributed by atoms with Gasteiger partial charge in [0.2, 0.25) is 0 Å². The third-order valence-corrected chi connectivity index (χ3v) is 2.54. The van der Waals surface area contributed by atoms with E-state index in [1.807, 2.05) is 13.0 Å². The zero-order chi connectivity index (χ0) is 9.47. The summed E-state index contributed by atoms with van der Waals surface area (Å²) in [5.41, 5.74) is 7.18. The van der Waals surface area contributed by atoms with Crippen molar-refractivity contribution in [3.05, 3.63) is 35.1 Å². The molecule has 3 N–H and O–H groups in total. The fourth-order valence-corrected chi connectivity index (χ4v) is 1.61. The van der Waals surface area contributed by atoms with E-state index >= 15 is 0 Å². The Bertz CT molecular complexity index is 332. The van der Waals surface area contributed by atoms with Crippen LogP contribution in [0.4, 0.5) is 4.39 Å². The molecule has 0 saturated carbocycles. The summed E-state index contributed by atoms with van der Waals surface area (Å²) in [4.78, 5) is 0. The van der Waals surface area contributed by atoms with Crippen LogP contribution in [-0.2, 0) is 5.54 Å². The predicted molar refractivity (Wildman–Crippen MR) is 49.9 cm³/mol. The first kappa shape index (κ1) is 8.66. The standard InChI is InChI=1S/C10H13FN2/c1-7-2-3-9(11)8(4-7)10(12)5-13-6-10/h2-4,13H,5-6,12H2,1H3. The summed E-state index contributed by atoms with van der Waals surface area (Å²) in [7, 11) is 0. The van der Waals surface area contributed by atoms with Crippen LogP contribution in [0.25, 0.3) is 0 Å². The zero-order valence-electron chi connectivity index (χ0n) is 7.60. The van der Waals surface area contributed by atoms with E-state index in [-0.39, 0.29) is 5.82 Å². The summed E-state index contributed by atoms with van der Waals surface area (Å²) in [5, 5.41) is 3.06. The number of nitrogens with one attached hydrogen (secondary N) is 1. The minimum Gasteiger partial charge on any atom is -0.319 e. The summed E-state index contributed by atoms with van der Waals surface area (Å²) in [6.07, 6.45) is 0. The molecule has 0 bridgehead atoms. The summed E-state index contributed by atoms with van der Waals surface area (Å²) in [6, 6.07) is 5.07. The topological polar surface area (TPSA) is 38.0 Å². The Balaban J connectivity index is 2.43. The third kappa shape index (κ3) is 1.34. The van der Waals surface area contributed by atoms with Gasteiger partial charge < -0.3 is 11.1 Å². The van der Waals surface area contributed by atoms with E-state index in [0.717, 1.165) is 5.56 Å². The van der Waals surface area contributed by atoms with Crippen molar-refractivity contribution in [3.8, 4) is 0 Å². The highest BCUT2D eigenvalue weighted by Crippen LogP contribution is 2.25. The van der Waals surface area contributed by atoms with Crippen molar-refractivity contribution in [1.29, 1.82) is 0 Å². The molecule has 2 rings (SSSR count). The number of aryl methyl sites for hydroxylation is 1. The maximum absolute atomic E-state index is 13.4. The average Bonchev–Trinajstić information content (AvgIpc) is 2.05. The molecule has 1 heterocycles. The Kier molecular flexibility index (Phi) is 1.86. The zero-order valence-corrected chi connectivity index (χ0v) is 7.60. The Morgan fingerprint density at radius 1 is 1.46 bits per heavy atom. The predicted octanol–water partition coefficient (Wildman–Crippen LogP) is 0.891. The van der Waals surface area contributed by atoms with Crippen LogP contribution in [0.5, 0.6) is 0 Å². The van der Waals surface area contributed by atoms with Crippen LogP contribution in [0.2, 0.25) is 0 Å². The third-order valence-electron chi connectivity index (χ3n) is 2.54. The van der Waals surface area contributed by atoms with Gasteiger partial charge in [-0.2, -0.15) is 0 Å². The second-order valence-corrected chi connectivity index (χ2v) is 3.74. The van der Waals surface area contributed by atoms with Crippen LogP contribution in [0, 0.1) is 12.7 Å². The second-order valence-electron chi connectivity index (χ2n) is 3.74. The van der Waals surface area contributed by atoms with Gasteiger partial charge in [0.1, 0.15) is 5.82 Å². The molecule has 1 fully saturated rings. The lowest BCUT2D eigenvalue weighted by Crippen LogP contribution is -2.63. The first-order valence-electron chi connectivity index (χ1n) is 4.38. The largest absolute Gasteiger partial charge is 0.319 e. The van der Waals surface area contributed by atoms with Crippen molar-refractivity contribution < 1.29 is 4.39 Å². The highest BCUT2D eigenvalue weighted by Gasteiger charge is 2.36. The van der Waals surface area contributed by atoms with Gasteiger partial charge in [0.25, 0.3) is 0 Å². The van der Waals surface area contributed by atoms with Gasteiger partial charge in [0.05, 0.1) is 5.54 Å². The lowest BCUT2D eigenvalue weighted by molar-refractivity contribution is 0.277. The molecular weight excluding hydrogens is 167 g/mol. The minimum absolute atomic E-state index is 0.199. The van der Waals surface area contributed by atoms with Gasteiger partial charge >= 0.3 is 0 Å². The number of halogens is 1. The first-order chi connectivity index (χ1) is 6.12. The molecule has 3 heteroatoms. The van der Waals surface area contributed by atoms with E-state index in [1.165, 1.54) is 6.07 Å². The van der Waals surface area contributed by atoms with E-state index in [4.69, 9.17) is 5.73 Å². The summed E-state index contributed by atoms with van der Waals surface area (Å²) >= 11 is 0. The first-order valence-corrected chi connectivity index (χ1v) is 4.38. The van der Waals surface area contributed by atoms with Crippen LogP contribution >= 0.6 is 0 Å². The number of benzene rings is 1. The lowest BCUT2D eigenvalue weighted by atomic mass is 9.84. The van der Waals surface area contributed by atoms with E-state index in [9.17, 15) is 4.39 Å². The van der Waals surface area contributed by atoms with E-state index in [2.05, 4.69) is 5.32 Å². The van der Waals surface area contributed by atoms with E-state index in [0.29, 0.717) is 18.7 Å². The monoisotopic (exact) mass is 180 g/mol. The Morgan fingerprint density at radius 2 is 2.15 bits per heavy atom. The number of hydrogen-bond acceptors (Lipinski definition) is 2. The van der Waals surface area contributed by atoms with Gasteiger partial charge in [-0.1, -0.05) is 17.7 Å². The lowest BCUT2D eigenvalue weighted by Gasteiger charge is -2.39. The average molecular weight is 180 g/mol. The normalized spacial score (nSPS) is 19.6. The fraction of sp³-hybridized carbons (Fsp3) is 0.400. The molecule has 13 heavy (non-hydrogen) atoms. The second kappa shape index (κ2) is 2.79. The molecule has 1 aliphatic rings. The van der Waals surface area contributed by atoms with Gasteiger partial charge in [-0.25, -0.2) is 4.39 Å². The molecule has 1 saturated heterocycles. The molecule has 0 atom stereocenters. The van der Waals surface area contributed by atoms with Crippen LogP contribution in [0.3, 0.4) is 0 Å². The maximum Gasteiger partial charge on any atom is 0.128 e. The molecular formula is C10H13FN2. The maximum atomic E-state index is 13.4. The fourth-order valence-electron chi connectivity index (χ4n) is 1.61. The summed E-state index contributed by atoms with van der Waals surface area (Å²) in [6.45, 7) is 3.26. The van der Waals surface area contributed by atoms with Crippen molar-refractivity contribution in [2.75, 3.05) is 13.1 Å². The van der Waals surface area contributed by atoms with Crippen molar-refractivity contribution in [2.45, 2.75) is 12.5 Å². The minimum atomic E-state index is -0.490. The van der Waals surface area contributed by atoms with Crippen LogP contribution in [-0.4, -0.2) is 13.1 Å². The van der Waals surface area contributed by atoms with Gasteiger partial charge in [-0.15, -0.1) is 0 Å². The molecule has 0 unspecified atom stereocenters. The van der Waals surface area contributed by atoms with E-state index < -0.39 is 5.54 Å². The highest BCUT2D eigenvalue weighted by atomic mass is 19.1. The molecule has 0 radical (unpaired) electrons. The molecule has 2 nitrogen and oxygen atoms in total. The number of rotatable bonds is 1. The highest BCUT2D eigenvalue weighted by molar-refractivity contribution is 5.33. The quantitative estimate of drug-likeness (QED) is 0.673.